The van der Waals surface area contributed by atoms with Gasteiger partial charge in [-0.1, -0.05) is 0 Å². The van der Waals surface area contributed by atoms with Gasteiger partial charge in [-0.25, -0.2) is 4.90 Å². The summed E-state index contributed by atoms with van der Waals surface area (Å²) in [4.78, 5) is 11.7. The molecule has 3 aliphatic rings. The molecule has 2 saturated carbocycles. The van der Waals surface area contributed by atoms with E-state index < -0.39 is 72.7 Å². The third-order valence-corrected chi connectivity index (χ3v) is 5.79. The van der Waals surface area contributed by atoms with Gasteiger partial charge >= 0.3 is 12.4 Å². The van der Waals surface area contributed by atoms with Crippen molar-refractivity contribution in [3.63, 3.8) is 0 Å². The Labute approximate surface area is 144 Å². The third kappa shape index (κ3) is 1.86. The fourth-order valence-corrected chi connectivity index (χ4v) is 4.72. The highest BCUT2D eigenvalue weighted by Gasteiger charge is 2.93. The molecule has 0 aromatic carbocycles. The van der Waals surface area contributed by atoms with Crippen LogP contribution in [0.3, 0.4) is 0 Å². The van der Waals surface area contributed by atoms with Crippen molar-refractivity contribution >= 4 is 5.91 Å². The average Bonchev–Trinajstić information content (AvgIpc) is 3.29. The molecule has 3 fully saturated rings. The van der Waals surface area contributed by atoms with Crippen LogP contribution in [0.25, 0.3) is 0 Å². The topological polar surface area (TPSA) is 84.2 Å². The minimum absolute atomic E-state index is 0.0973. The van der Waals surface area contributed by atoms with Crippen molar-refractivity contribution in [1.29, 1.82) is 0 Å². The second-order valence-electron chi connectivity index (χ2n) is 7.26. The van der Waals surface area contributed by atoms with Crippen LogP contribution in [0, 0.1) is 0 Å². The van der Waals surface area contributed by atoms with Crippen molar-refractivity contribution in [3.8, 4) is 0 Å². The second kappa shape index (κ2) is 4.83. The minimum Gasteiger partial charge on any atom is -0.379 e. The third-order valence-electron chi connectivity index (χ3n) is 5.79. The van der Waals surface area contributed by atoms with Crippen LogP contribution in [0.2, 0.25) is 0 Å². The van der Waals surface area contributed by atoms with E-state index in [9.17, 15) is 46.5 Å². The zero-order valence-corrected chi connectivity index (χ0v) is 13.8. The number of aliphatic hydroxyl groups excluding tert-OH is 1. The molecule has 6 nitrogen and oxygen atoms in total. The molecule has 0 radical (unpaired) electrons. The zero-order chi connectivity index (χ0) is 20.1. The first-order valence-electron chi connectivity index (χ1n) is 7.91. The summed E-state index contributed by atoms with van der Waals surface area (Å²) < 4.78 is 83.5. The van der Waals surface area contributed by atoms with Crippen molar-refractivity contribution in [2.75, 3.05) is 0 Å². The summed E-state index contributed by atoms with van der Waals surface area (Å²) in [7, 11) is 0. The summed E-state index contributed by atoms with van der Waals surface area (Å²) in [5, 5.41) is 31.3. The molecule has 3 rings (SSSR count). The van der Waals surface area contributed by atoms with Crippen LogP contribution in [0.5, 0.6) is 0 Å². The molecule has 0 bridgehead atoms. The van der Waals surface area contributed by atoms with Crippen LogP contribution in [-0.4, -0.2) is 72.1 Å². The highest BCUT2D eigenvalue weighted by atomic mass is 19.4. The molecule has 1 heterocycles. The summed E-state index contributed by atoms with van der Waals surface area (Å²) in [5.74, 6) is -1.44. The number of nitrogens with zero attached hydrogens (tertiary/aromatic N) is 2. The van der Waals surface area contributed by atoms with Gasteiger partial charge in [0.05, 0.1) is 11.1 Å². The van der Waals surface area contributed by atoms with E-state index in [0.717, 1.165) is 6.92 Å². The minimum atomic E-state index is -5.51. The van der Waals surface area contributed by atoms with Gasteiger partial charge in [-0.05, 0) is 32.6 Å². The van der Waals surface area contributed by atoms with E-state index >= 15 is 0 Å². The van der Waals surface area contributed by atoms with Crippen molar-refractivity contribution < 1.29 is 46.5 Å². The van der Waals surface area contributed by atoms with E-state index in [0.29, 0.717) is 6.92 Å². The molecule has 3 N–H and O–H groups in total. The number of rotatable bonds is 1. The molecule has 0 aromatic rings. The first-order valence-corrected chi connectivity index (χ1v) is 7.91. The maximum absolute atomic E-state index is 13.9. The maximum Gasteiger partial charge on any atom is 0.438 e. The van der Waals surface area contributed by atoms with Crippen LogP contribution in [0.4, 0.5) is 26.3 Å². The lowest BCUT2D eigenvalue weighted by Crippen LogP contribution is -2.90. The molecular formula is C14H18F6N2O4. The van der Waals surface area contributed by atoms with Crippen LogP contribution in [0.15, 0.2) is 0 Å². The predicted octanol–water partition coefficient (Wildman–Crippen LogP) is 1.06. The summed E-state index contributed by atoms with van der Waals surface area (Å²) >= 11 is 0. The largest absolute Gasteiger partial charge is 0.438 e. The first kappa shape index (κ1) is 19.6. The Balaban J connectivity index is 2.37. The first-order chi connectivity index (χ1) is 11.5. The van der Waals surface area contributed by atoms with Gasteiger partial charge in [-0.3, -0.25) is 9.69 Å². The van der Waals surface area contributed by atoms with Gasteiger partial charge in [-0.15, -0.1) is 0 Å². The van der Waals surface area contributed by atoms with Crippen molar-refractivity contribution in [2.45, 2.75) is 80.6 Å². The van der Waals surface area contributed by atoms with E-state index in [1.54, 1.807) is 0 Å². The van der Waals surface area contributed by atoms with E-state index in [-0.39, 0.29) is 9.80 Å². The number of halogens is 6. The molecule has 2 spiro atoms. The van der Waals surface area contributed by atoms with Gasteiger partial charge in [0.25, 0.3) is 5.72 Å². The number of hydrogen-bond donors (Lipinski definition) is 3. The van der Waals surface area contributed by atoms with Crippen molar-refractivity contribution in [1.82, 2.24) is 9.80 Å². The number of carbonyl (C=O) groups is 1. The SMILES string of the molecule is CC(=O)N1C2(CC2)C(O)(C(F)(F)F)N(C(C)O)C2(CC2)C1(O)C(F)(F)F. The second-order valence-corrected chi connectivity index (χ2v) is 7.26. The molecule has 1 aliphatic heterocycles. The summed E-state index contributed by atoms with van der Waals surface area (Å²) in [5.41, 5.74) is -13.4. The Hall–Kier alpha value is -1.11. The quantitative estimate of drug-likeness (QED) is 0.582. The number of aliphatic hydroxyl groups is 3. The molecule has 3 atom stereocenters. The Kier molecular flexibility index (Phi) is 3.65. The van der Waals surface area contributed by atoms with E-state index in [1.807, 2.05) is 0 Å². The molecule has 1 amide bonds. The smallest absolute Gasteiger partial charge is 0.379 e. The molecule has 150 valence electrons. The Morgan fingerprint density at radius 2 is 1.31 bits per heavy atom. The number of amides is 1. The fraction of sp³-hybridized carbons (Fsp3) is 0.929. The molecule has 2 aliphatic carbocycles. The molecule has 12 heteroatoms. The highest BCUT2D eigenvalue weighted by Crippen LogP contribution is 2.72. The Morgan fingerprint density at radius 3 is 1.54 bits per heavy atom. The van der Waals surface area contributed by atoms with Gasteiger partial charge in [0.2, 0.25) is 11.6 Å². The molecular weight excluding hydrogens is 374 g/mol. The summed E-state index contributed by atoms with van der Waals surface area (Å²) in [6, 6.07) is 0. The lowest BCUT2D eigenvalue weighted by Gasteiger charge is -2.64. The van der Waals surface area contributed by atoms with Crippen molar-refractivity contribution in [2.24, 2.45) is 0 Å². The summed E-state index contributed by atoms with van der Waals surface area (Å²) in [6.07, 6.45) is -15.6. The average molecular weight is 392 g/mol. The molecule has 1 saturated heterocycles. The standard InChI is InChI=1S/C14H18F6N2O4/c1-7(23)21-9(3-4-9)12(26,14(18,19)20)22(8(2)24)10(5-6-10)11(21,25)13(15,16)17/h7,23,25-26H,3-6H2,1-2H3. The van der Waals surface area contributed by atoms with Gasteiger partial charge in [0.1, 0.15) is 6.23 Å². The lowest BCUT2D eigenvalue weighted by molar-refractivity contribution is -0.449. The Morgan fingerprint density at radius 1 is 0.923 bits per heavy atom. The lowest BCUT2D eigenvalue weighted by atomic mass is 9.80. The molecule has 0 aromatic heterocycles. The van der Waals surface area contributed by atoms with E-state index in [4.69, 9.17) is 0 Å². The van der Waals surface area contributed by atoms with Crippen molar-refractivity contribution in [3.05, 3.63) is 0 Å². The van der Waals surface area contributed by atoms with E-state index in [2.05, 4.69) is 0 Å². The molecule has 26 heavy (non-hydrogen) atoms. The fourth-order valence-electron chi connectivity index (χ4n) is 4.72. The Bertz CT molecular complexity index is 642. The van der Waals surface area contributed by atoms with Gasteiger partial charge in [0.15, 0.2) is 0 Å². The van der Waals surface area contributed by atoms with Gasteiger partial charge in [0, 0.05) is 6.92 Å². The zero-order valence-electron chi connectivity index (χ0n) is 13.8. The highest BCUT2D eigenvalue weighted by molar-refractivity contribution is 5.77. The van der Waals surface area contributed by atoms with Gasteiger partial charge in [-0.2, -0.15) is 26.3 Å². The maximum atomic E-state index is 13.9. The number of alkyl halides is 6. The monoisotopic (exact) mass is 392 g/mol. The number of hydrogen-bond acceptors (Lipinski definition) is 5. The van der Waals surface area contributed by atoms with Crippen LogP contribution < -0.4 is 0 Å². The van der Waals surface area contributed by atoms with Crippen LogP contribution >= 0.6 is 0 Å². The summed E-state index contributed by atoms with van der Waals surface area (Å²) in [6.45, 7) is 1.40. The van der Waals surface area contributed by atoms with Crippen LogP contribution in [-0.2, 0) is 4.79 Å². The number of carbonyl (C=O) groups excluding carboxylic acids is 1. The number of piperazine rings is 1. The van der Waals surface area contributed by atoms with Gasteiger partial charge < -0.3 is 15.3 Å². The molecule has 3 unspecified atom stereocenters. The van der Waals surface area contributed by atoms with E-state index in [1.165, 1.54) is 0 Å². The van der Waals surface area contributed by atoms with Crippen LogP contribution in [0.1, 0.15) is 39.5 Å². The predicted molar refractivity (Wildman–Crippen MR) is 72.0 cm³/mol. The normalized spacial score (nSPS) is 37.1.